The highest BCUT2D eigenvalue weighted by Crippen LogP contribution is 2.24. The van der Waals surface area contributed by atoms with Crippen molar-refractivity contribution in [2.75, 3.05) is 35.3 Å². The maximum absolute atomic E-state index is 12.1. The number of thioether (sulfide) groups is 1. The summed E-state index contributed by atoms with van der Waals surface area (Å²) in [7, 11) is -3.46. The number of carbonyl (C=O) groups is 1. The van der Waals surface area contributed by atoms with Crippen molar-refractivity contribution in [3.05, 3.63) is 24.3 Å². The summed E-state index contributed by atoms with van der Waals surface area (Å²) in [6.07, 6.45) is 3.58. The van der Waals surface area contributed by atoms with Gasteiger partial charge in [-0.05, 0) is 43.9 Å². The van der Waals surface area contributed by atoms with Gasteiger partial charge in [-0.15, -0.1) is 10.2 Å². The quantitative estimate of drug-likeness (QED) is 0.457. The molecule has 2 rings (SSSR count). The van der Waals surface area contributed by atoms with E-state index in [4.69, 9.17) is 4.74 Å². The maximum Gasteiger partial charge on any atom is 0.232 e. The summed E-state index contributed by atoms with van der Waals surface area (Å²) < 4.78 is 31.7. The maximum atomic E-state index is 12.1. The lowest BCUT2D eigenvalue weighted by Gasteiger charge is -2.22. The normalized spacial score (nSPS) is 11.2. The second-order valence-electron chi connectivity index (χ2n) is 5.49. The summed E-state index contributed by atoms with van der Waals surface area (Å²) in [6.45, 7) is 2.62. The molecule has 8 nitrogen and oxygen atoms in total. The third kappa shape index (κ3) is 6.67. The fourth-order valence-electron chi connectivity index (χ4n) is 2.27. The first-order valence-electron chi connectivity index (χ1n) is 8.21. The smallest absolute Gasteiger partial charge is 0.232 e. The molecular weight excluding hydrogens is 408 g/mol. The number of sulfonamides is 1. The number of nitrogens with zero attached hydrogens (tertiary/aromatic N) is 3. The molecule has 1 aromatic heterocycles. The molecule has 27 heavy (non-hydrogen) atoms. The van der Waals surface area contributed by atoms with Crippen LogP contribution in [0.5, 0.6) is 5.75 Å². The van der Waals surface area contributed by atoms with Crippen molar-refractivity contribution in [3.63, 3.8) is 0 Å². The van der Waals surface area contributed by atoms with Crippen molar-refractivity contribution >= 4 is 49.8 Å². The third-order valence-corrected chi connectivity index (χ3v) is 6.44. The predicted molar refractivity (Wildman–Crippen MR) is 109 cm³/mol. The average Bonchev–Trinajstić information content (AvgIpc) is 3.06. The first-order chi connectivity index (χ1) is 12.8. The summed E-state index contributed by atoms with van der Waals surface area (Å²) in [5.41, 5.74) is 0.537. The fraction of sp³-hybridized carbons (Fsp3) is 0.438. The summed E-state index contributed by atoms with van der Waals surface area (Å²) in [5.74, 6) is 0.453. The van der Waals surface area contributed by atoms with E-state index in [1.54, 1.807) is 24.3 Å². The van der Waals surface area contributed by atoms with Crippen LogP contribution in [0.15, 0.2) is 28.6 Å². The van der Waals surface area contributed by atoms with Gasteiger partial charge in [-0.2, -0.15) is 0 Å². The zero-order valence-electron chi connectivity index (χ0n) is 15.3. The highest BCUT2D eigenvalue weighted by atomic mass is 32.2. The summed E-state index contributed by atoms with van der Waals surface area (Å²) in [4.78, 5) is 12.0. The number of ether oxygens (including phenoxy) is 1. The highest BCUT2D eigenvalue weighted by Gasteiger charge is 2.18. The second-order valence-corrected chi connectivity index (χ2v) is 9.43. The van der Waals surface area contributed by atoms with E-state index in [1.807, 2.05) is 13.2 Å². The van der Waals surface area contributed by atoms with Crippen molar-refractivity contribution in [1.82, 2.24) is 10.2 Å². The van der Waals surface area contributed by atoms with Gasteiger partial charge >= 0.3 is 0 Å². The minimum absolute atomic E-state index is 0.178. The van der Waals surface area contributed by atoms with Crippen molar-refractivity contribution in [1.29, 1.82) is 0 Å². The lowest BCUT2D eigenvalue weighted by molar-refractivity contribution is -0.116. The van der Waals surface area contributed by atoms with Crippen LogP contribution in [-0.2, 0) is 14.8 Å². The van der Waals surface area contributed by atoms with Crippen LogP contribution >= 0.6 is 23.1 Å². The van der Waals surface area contributed by atoms with Gasteiger partial charge in [-0.1, -0.05) is 23.1 Å². The number of hydrogen-bond donors (Lipinski definition) is 1. The van der Waals surface area contributed by atoms with Gasteiger partial charge in [0.1, 0.15) is 5.75 Å². The van der Waals surface area contributed by atoms with Gasteiger partial charge in [0.25, 0.3) is 0 Å². The lowest BCUT2D eigenvalue weighted by atomic mass is 10.2. The third-order valence-electron chi connectivity index (χ3n) is 3.43. The summed E-state index contributed by atoms with van der Waals surface area (Å²) >= 11 is 2.75. The zero-order valence-corrected chi connectivity index (χ0v) is 17.8. The van der Waals surface area contributed by atoms with E-state index in [0.717, 1.165) is 10.6 Å². The van der Waals surface area contributed by atoms with Crippen LogP contribution in [0.4, 0.5) is 10.8 Å². The molecule has 0 aliphatic heterocycles. The van der Waals surface area contributed by atoms with Crippen LogP contribution in [-0.4, -0.2) is 50.2 Å². The monoisotopic (exact) mass is 430 g/mol. The largest absolute Gasteiger partial charge is 0.494 e. The Morgan fingerprint density at radius 2 is 2.00 bits per heavy atom. The molecule has 0 saturated carbocycles. The van der Waals surface area contributed by atoms with Crippen LogP contribution in [0.25, 0.3) is 0 Å². The van der Waals surface area contributed by atoms with Gasteiger partial charge in [0.2, 0.25) is 21.1 Å². The van der Waals surface area contributed by atoms with E-state index in [2.05, 4.69) is 15.5 Å². The SMILES string of the molecule is CCOc1ccc(N(CCCC(=O)Nc2nnc(SC)s2)S(C)(=O)=O)cc1. The second kappa shape index (κ2) is 9.90. The van der Waals surface area contributed by atoms with Gasteiger partial charge in [-0.25, -0.2) is 8.42 Å². The molecule has 0 radical (unpaired) electrons. The molecule has 148 valence electrons. The van der Waals surface area contributed by atoms with Crippen molar-refractivity contribution in [3.8, 4) is 5.75 Å². The zero-order chi connectivity index (χ0) is 19.9. The highest BCUT2D eigenvalue weighted by molar-refractivity contribution is 8.00. The summed E-state index contributed by atoms with van der Waals surface area (Å²) in [5, 5.41) is 10.9. The van der Waals surface area contributed by atoms with Crippen LogP contribution in [0.1, 0.15) is 19.8 Å². The molecule has 11 heteroatoms. The molecule has 0 spiro atoms. The Balaban J connectivity index is 1.93. The minimum Gasteiger partial charge on any atom is -0.494 e. The Bertz CT molecular complexity index is 853. The fourth-order valence-corrected chi connectivity index (χ4v) is 4.42. The number of rotatable bonds is 10. The van der Waals surface area contributed by atoms with Crippen LogP contribution in [0.2, 0.25) is 0 Å². The van der Waals surface area contributed by atoms with Gasteiger partial charge in [0, 0.05) is 13.0 Å². The van der Waals surface area contributed by atoms with E-state index in [-0.39, 0.29) is 18.9 Å². The van der Waals surface area contributed by atoms with E-state index in [9.17, 15) is 13.2 Å². The standard InChI is InChI=1S/C16H22N4O4S3/c1-4-24-13-9-7-12(8-10-13)20(27(3,22)23)11-5-6-14(21)17-15-18-19-16(25-2)26-15/h7-10H,4-6,11H2,1-3H3,(H,17,18,21). The molecule has 1 heterocycles. The molecule has 0 saturated heterocycles. The van der Waals surface area contributed by atoms with E-state index in [0.29, 0.717) is 29.6 Å². The van der Waals surface area contributed by atoms with Crippen molar-refractivity contribution in [2.24, 2.45) is 0 Å². The molecule has 1 N–H and O–H groups in total. The number of benzene rings is 1. The molecule has 0 fully saturated rings. The number of hydrogen-bond acceptors (Lipinski definition) is 8. The predicted octanol–water partition coefficient (Wildman–Crippen LogP) is 2.84. The number of amides is 1. The number of aromatic nitrogens is 2. The first-order valence-corrected chi connectivity index (χ1v) is 12.1. The lowest BCUT2D eigenvalue weighted by Crippen LogP contribution is -2.31. The van der Waals surface area contributed by atoms with Crippen LogP contribution < -0.4 is 14.4 Å². The topological polar surface area (TPSA) is 101 Å². The molecular formula is C16H22N4O4S3. The molecule has 0 aliphatic rings. The van der Waals surface area contributed by atoms with Crippen LogP contribution in [0, 0.1) is 0 Å². The number of carbonyl (C=O) groups excluding carboxylic acids is 1. The Morgan fingerprint density at radius 3 is 2.56 bits per heavy atom. The Hall–Kier alpha value is -1.85. The van der Waals surface area contributed by atoms with Crippen molar-refractivity contribution < 1.29 is 17.9 Å². The van der Waals surface area contributed by atoms with Gasteiger partial charge < -0.3 is 10.1 Å². The van der Waals surface area contributed by atoms with Crippen molar-refractivity contribution in [2.45, 2.75) is 24.1 Å². The number of anilines is 2. The first kappa shape index (κ1) is 21.5. The van der Waals surface area contributed by atoms with E-state index in [1.165, 1.54) is 27.4 Å². The Labute approximate surface area is 167 Å². The van der Waals surface area contributed by atoms with Gasteiger partial charge in [0.05, 0.1) is 18.6 Å². The van der Waals surface area contributed by atoms with E-state index < -0.39 is 10.0 Å². The Morgan fingerprint density at radius 1 is 1.30 bits per heavy atom. The molecule has 0 unspecified atom stereocenters. The van der Waals surface area contributed by atoms with Crippen LogP contribution in [0.3, 0.4) is 0 Å². The molecule has 0 atom stereocenters. The molecule has 0 aliphatic carbocycles. The average molecular weight is 431 g/mol. The molecule has 2 aromatic rings. The minimum atomic E-state index is -3.46. The molecule has 1 amide bonds. The summed E-state index contributed by atoms with van der Waals surface area (Å²) in [6, 6.07) is 6.83. The van der Waals surface area contributed by atoms with Gasteiger partial charge in [-0.3, -0.25) is 9.10 Å². The Kier molecular flexibility index (Phi) is 7.87. The molecule has 1 aromatic carbocycles. The number of nitrogens with one attached hydrogen (secondary N) is 1. The molecule has 0 bridgehead atoms. The van der Waals surface area contributed by atoms with E-state index >= 15 is 0 Å². The van der Waals surface area contributed by atoms with Gasteiger partial charge in [0.15, 0.2) is 4.34 Å².